The summed E-state index contributed by atoms with van der Waals surface area (Å²) in [6, 6.07) is 1.65. The van der Waals surface area contributed by atoms with E-state index >= 15 is 0 Å². The largest absolute Gasteiger partial charge is 0.451 e. The van der Waals surface area contributed by atoms with E-state index in [-0.39, 0.29) is 0 Å². The molecule has 2 heterocycles. The maximum absolute atomic E-state index is 4.78. The molecule has 0 bridgehead atoms. The fraction of sp³-hybridized carbons (Fsp3) is 0. The van der Waals surface area contributed by atoms with E-state index in [0.29, 0.717) is 11.4 Å². The Morgan fingerprint density at radius 2 is 2.27 bits per heavy atom. The van der Waals surface area contributed by atoms with Crippen molar-refractivity contribution in [3.63, 3.8) is 0 Å². The van der Waals surface area contributed by atoms with Crippen LogP contribution in [0.3, 0.4) is 0 Å². The van der Waals surface area contributed by atoms with Crippen LogP contribution in [0.15, 0.2) is 29.5 Å². The Kier molecular flexibility index (Phi) is 1.37. The topological polar surface area (TPSA) is 51.8 Å². The van der Waals surface area contributed by atoms with E-state index in [0.717, 1.165) is 0 Å². The molecule has 0 saturated carbocycles. The molecule has 0 aliphatic heterocycles. The fourth-order valence-corrected chi connectivity index (χ4v) is 0.739. The van der Waals surface area contributed by atoms with Crippen molar-refractivity contribution in [3.8, 4) is 11.4 Å². The second kappa shape index (κ2) is 2.49. The van der Waals surface area contributed by atoms with Crippen molar-refractivity contribution in [3.05, 3.63) is 31.2 Å². The van der Waals surface area contributed by atoms with E-state index in [9.17, 15) is 0 Å². The molecule has 53 valence electrons. The minimum Gasteiger partial charge on any atom is -0.451 e. The lowest BCUT2D eigenvalue weighted by molar-refractivity contribution is 0.558. The zero-order valence-corrected chi connectivity index (χ0v) is 5.56. The van der Waals surface area contributed by atoms with Gasteiger partial charge in [-0.25, -0.2) is 15.0 Å². The number of hydrogen-bond donors (Lipinski definition) is 0. The van der Waals surface area contributed by atoms with Crippen LogP contribution in [-0.2, 0) is 0 Å². The molecule has 4 nitrogen and oxygen atoms in total. The molecule has 2 aromatic rings. The predicted molar refractivity (Wildman–Crippen MR) is 36.4 cm³/mol. The number of hydrogen-bond acceptors (Lipinski definition) is 4. The van der Waals surface area contributed by atoms with Gasteiger partial charge in [0, 0.05) is 0 Å². The van der Waals surface area contributed by atoms with Crippen molar-refractivity contribution in [2.24, 2.45) is 0 Å². The summed E-state index contributed by atoms with van der Waals surface area (Å²) in [4.78, 5) is 11.5. The maximum Gasteiger partial charge on any atom is 0.181 e. The van der Waals surface area contributed by atoms with Gasteiger partial charge in [-0.2, -0.15) is 0 Å². The van der Waals surface area contributed by atoms with Crippen LogP contribution in [0.4, 0.5) is 0 Å². The van der Waals surface area contributed by atoms with Crippen LogP contribution in [0.5, 0.6) is 0 Å². The molecule has 0 aromatic carbocycles. The highest BCUT2D eigenvalue weighted by Crippen LogP contribution is 2.10. The molecule has 0 spiro atoms. The Morgan fingerprint density at radius 1 is 1.27 bits per heavy atom. The Bertz CT molecular complexity index is 317. The van der Waals surface area contributed by atoms with Crippen molar-refractivity contribution in [2.75, 3.05) is 0 Å². The Labute approximate surface area is 62.9 Å². The highest BCUT2D eigenvalue weighted by molar-refractivity contribution is 5.50. The highest BCUT2D eigenvalue weighted by Gasteiger charge is 1.99. The van der Waals surface area contributed by atoms with Crippen LogP contribution >= 0.6 is 0 Å². The zero-order chi connectivity index (χ0) is 7.52. The molecule has 0 N–H and O–H groups in total. The second-order valence-corrected chi connectivity index (χ2v) is 1.91. The van der Waals surface area contributed by atoms with Crippen molar-refractivity contribution < 1.29 is 4.42 Å². The van der Waals surface area contributed by atoms with Gasteiger partial charge in [-0.1, -0.05) is 0 Å². The highest BCUT2D eigenvalue weighted by atomic mass is 16.3. The van der Waals surface area contributed by atoms with Gasteiger partial charge in [0.05, 0.1) is 11.9 Å². The fourth-order valence-electron chi connectivity index (χ4n) is 0.739. The minimum atomic E-state index is 0.698. The van der Waals surface area contributed by atoms with Crippen molar-refractivity contribution in [1.82, 2.24) is 15.0 Å². The van der Waals surface area contributed by atoms with E-state index in [2.05, 4.69) is 21.1 Å². The average Bonchev–Trinajstić information content (AvgIpc) is 2.58. The van der Waals surface area contributed by atoms with Gasteiger partial charge in [0.15, 0.2) is 6.39 Å². The molecule has 0 fully saturated rings. The summed E-state index contributed by atoms with van der Waals surface area (Å²) in [6.07, 6.45) is 6.96. The van der Waals surface area contributed by atoms with Crippen LogP contribution in [0.1, 0.15) is 0 Å². The Balaban J connectivity index is 2.46. The number of nitrogens with zero attached hydrogens (tertiary/aromatic N) is 3. The van der Waals surface area contributed by atoms with Crippen LogP contribution in [0, 0.1) is 6.20 Å². The minimum absolute atomic E-state index is 0.698. The van der Waals surface area contributed by atoms with Gasteiger partial charge in [-0.05, 0) is 6.07 Å². The van der Waals surface area contributed by atoms with Crippen LogP contribution < -0.4 is 0 Å². The lowest BCUT2D eigenvalue weighted by Crippen LogP contribution is -1.82. The van der Waals surface area contributed by atoms with Gasteiger partial charge in [-0.15, -0.1) is 0 Å². The molecule has 0 aliphatic carbocycles. The number of oxazole rings is 1. The van der Waals surface area contributed by atoms with Crippen molar-refractivity contribution in [2.45, 2.75) is 0 Å². The van der Waals surface area contributed by atoms with E-state index in [1.165, 1.54) is 19.0 Å². The van der Waals surface area contributed by atoms with Gasteiger partial charge in [0.25, 0.3) is 0 Å². The second-order valence-electron chi connectivity index (χ2n) is 1.91. The lowest BCUT2D eigenvalue weighted by Gasteiger charge is -1.88. The predicted octanol–water partition coefficient (Wildman–Crippen LogP) is 0.932. The molecule has 0 saturated heterocycles. The standard InChI is InChI=1S/C7H4N3O/c1-2-8-4-9-6(1)7-3-11-5-10-7/h1,3-5H. The Hall–Kier alpha value is -1.71. The number of aromatic nitrogens is 3. The summed E-state index contributed by atoms with van der Waals surface area (Å²) in [6.45, 7) is 0. The molecular weight excluding hydrogens is 142 g/mol. The first-order valence-electron chi connectivity index (χ1n) is 3.03. The molecule has 2 rings (SSSR count). The molecule has 0 aliphatic rings. The van der Waals surface area contributed by atoms with E-state index in [1.807, 2.05) is 0 Å². The molecule has 2 aromatic heterocycles. The van der Waals surface area contributed by atoms with Crippen LogP contribution in [-0.4, -0.2) is 15.0 Å². The summed E-state index contributed by atoms with van der Waals surface area (Å²) in [7, 11) is 0. The van der Waals surface area contributed by atoms with Gasteiger partial charge in [0.2, 0.25) is 0 Å². The summed E-state index contributed by atoms with van der Waals surface area (Å²) in [5.74, 6) is 0. The Morgan fingerprint density at radius 3 is 2.91 bits per heavy atom. The summed E-state index contributed by atoms with van der Waals surface area (Å²) in [5, 5.41) is 0. The zero-order valence-electron chi connectivity index (χ0n) is 5.56. The number of rotatable bonds is 1. The normalized spacial score (nSPS) is 9.82. The maximum atomic E-state index is 4.78. The first-order chi connectivity index (χ1) is 5.47. The SMILES string of the molecule is [c]1cc(-c2cocn2)ncn1. The first-order valence-corrected chi connectivity index (χ1v) is 3.03. The average molecular weight is 146 g/mol. The molecule has 4 heteroatoms. The third-order valence-electron chi connectivity index (χ3n) is 1.23. The summed E-state index contributed by atoms with van der Waals surface area (Å²) >= 11 is 0. The third-order valence-corrected chi connectivity index (χ3v) is 1.23. The molecule has 0 atom stereocenters. The monoisotopic (exact) mass is 146 g/mol. The molecule has 1 radical (unpaired) electrons. The van der Waals surface area contributed by atoms with Gasteiger partial charge < -0.3 is 4.42 Å². The van der Waals surface area contributed by atoms with E-state index in [4.69, 9.17) is 4.42 Å². The van der Waals surface area contributed by atoms with Gasteiger partial charge >= 0.3 is 0 Å². The smallest absolute Gasteiger partial charge is 0.181 e. The molecular formula is C7H4N3O. The van der Waals surface area contributed by atoms with Crippen LogP contribution in [0.2, 0.25) is 0 Å². The van der Waals surface area contributed by atoms with Crippen molar-refractivity contribution >= 4 is 0 Å². The van der Waals surface area contributed by atoms with E-state index < -0.39 is 0 Å². The lowest BCUT2D eigenvalue weighted by atomic mass is 10.3. The van der Waals surface area contributed by atoms with Gasteiger partial charge in [-0.3, -0.25) is 0 Å². The molecule has 0 amide bonds. The summed E-state index contributed by atoms with van der Waals surface area (Å²) < 4.78 is 4.78. The van der Waals surface area contributed by atoms with E-state index in [1.54, 1.807) is 6.07 Å². The van der Waals surface area contributed by atoms with Crippen LogP contribution in [0.25, 0.3) is 11.4 Å². The quantitative estimate of drug-likeness (QED) is 0.600. The van der Waals surface area contributed by atoms with Crippen molar-refractivity contribution in [1.29, 1.82) is 0 Å². The first kappa shape index (κ1) is 6.03. The molecule has 0 unspecified atom stereocenters. The summed E-state index contributed by atoms with van der Waals surface area (Å²) in [5.41, 5.74) is 1.41. The van der Waals surface area contributed by atoms with Gasteiger partial charge in [0.1, 0.15) is 18.3 Å². The molecule has 11 heavy (non-hydrogen) atoms. The third kappa shape index (κ3) is 1.10.